The topological polar surface area (TPSA) is 51.8 Å². The number of aromatic nitrogens is 2. The summed E-state index contributed by atoms with van der Waals surface area (Å²) in [6, 6.07) is 13.9. The van der Waals surface area contributed by atoms with Gasteiger partial charge in [-0.05, 0) is 35.9 Å². The highest BCUT2D eigenvalue weighted by Crippen LogP contribution is 2.29. The van der Waals surface area contributed by atoms with Crippen molar-refractivity contribution in [3.63, 3.8) is 0 Å². The van der Waals surface area contributed by atoms with Gasteiger partial charge in [0.2, 0.25) is 0 Å². The molecule has 0 atom stereocenters. The van der Waals surface area contributed by atoms with E-state index in [0.717, 1.165) is 21.0 Å². The number of nitrogens with zero attached hydrogens (tertiary/aromatic N) is 2. The molecular formula is C14H10BrN3. The Labute approximate surface area is 113 Å². The Morgan fingerprint density at radius 2 is 1.94 bits per heavy atom. The molecule has 0 bridgehead atoms. The first kappa shape index (κ1) is 11.2. The molecule has 1 aromatic carbocycles. The Balaban J connectivity index is 2.26. The number of hydrogen-bond donors (Lipinski definition) is 1. The predicted molar refractivity (Wildman–Crippen MR) is 77.1 cm³/mol. The van der Waals surface area contributed by atoms with Gasteiger partial charge < -0.3 is 5.73 Å². The highest BCUT2D eigenvalue weighted by atomic mass is 79.9. The van der Waals surface area contributed by atoms with E-state index in [0.29, 0.717) is 11.5 Å². The summed E-state index contributed by atoms with van der Waals surface area (Å²) >= 11 is 3.46. The summed E-state index contributed by atoms with van der Waals surface area (Å²) in [6.45, 7) is 0. The van der Waals surface area contributed by atoms with Crippen LogP contribution in [0.5, 0.6) is 0 Å². The fraction of sp³-hybridized carbons (Fsp3) is 0. The summed E-state index contributed by atoms with van der Waals surface area (Å²) in [4.78, 5) is 8.53. The van der Waals surface area contributed by atoms with Gasteiger partial charge in [-0.2, -0.15) is 0 Å². The van der Waals surface area contributed by atoms with Crippen molar-refractivity contribution >= 4 is 32.8 Å². The summed E-state index contributed by atoms with van der Waals surface area (Å²) in [5, 5.41) is 0.988. The molecule has 0 spiro atoms. The standard InChI is InChI=1S/C14H10BrN3/c15-11-5-1-3-9(7-11)12-8-10-4-2-6-17-14(10)18-13(12)16/h1-8H,(H2,16,17,18). The summed E-state index contributed by atoms with van der Waals surface area (Å²) in [7, 11) is 0. The smallest absolute Gasteiger partial charge is 0.161 e. The molecule has 18 heavy (non-hydrogen) atoms. The first-order valence-electron chi connectivity index (χ1n) is 5.51. The number of fused-ring (bicyclic) bond motifs is 1. The molecule has 3 nitrogen and oxygen atoms in total. The first-order valence-corrected chi connectivity index (χ1v) is 6.30. The molecule has 0 saturated heterocycles. The third-order valence-corrected chi connectivity index (χ3v) is 3.25. The predicted octanol–water partition coefficient (Wildman–Crippen LogP) is 3.64. The zero-order valence-corrected chi connectivity index (χ0v) is 11.1. The molecule has 0 unspecified atom stereocenters. The van der Waals surface area contributed by atoms with Crippen LogP contribution in [-0.4, -0.2) is 9.97 Å². The van der Waals surface area contributed by atoms with Gasteiger partial charge in [0, 0.05) is 21.6 Å². The molecule has 2 N–H and O–H groups in total. The van der Waals surface area contributed by atoms with Crippen molar-refractivity contribution in [3.8, 4) is 11.1 Å². The number of nitrogen functional groups attached to an aromatic ring is 1. The average Bonchev–Trinajstić information content (AvgIpc) is 2.38. The molecule has 88 valence electrons. The van der Waals surface area contributed by atoms with Crippen LogP contribution < -0.4 is 5.73 Å². The highest BCUT2D eigenvalue weighted by Gasteiger charge is 2.07. The molecule has 2 heterocycles. The van der Waals surface area contributed by atoms with E-state index in [-0.39, 0.29) is 0 Å². The van der Waals surface area contributed by atoms with Crippen molar-refractivity contribution in [1.82, 2.24) is 9.97 Å². The Morgan fingerprint density at radius 3 is 2.78 bits per heavy atom. The van der Waals surface area contributed by atoms with Gasteiger partial charge in [0.05, 0.1) is 0 Å². The Morgan fingerprint density at radius 1 is 1.06 bits per heavy atom. The molecule has 2 aromatic heterocycles. The molecule has 0 amide bonds. The van der Waals surface area contributed by atoms with Crippen molar-refractivity contribution < 1.29 is 0 Å². The number of pyridine rings is 2. The van der Waals surface area contributed by atoms with Gasteiger partial charge in [-0.15, -0.1) is 0 Å². The van der Waals surface area contributed by atoms with E-state index in [1.165, 1.54) is 0 Å². The zero-order chi connectivity index (χ0) is 12.5. The summed E-state index contributed by atoms with van der Waals surface area (Å²) in [5.74, 6) is 0.499. The van der Waals surface area contributed by atoms with E-state index in [4.69, 9.17) is 5.73 Å². The van der Waals surface area contributed by atoms with E-state index in [9.17, 15) is 0 Å². The molecule has 3 rings (SSSR count). The quantitative estimate of drug-likeness (QED) is 0.746. The normalized spacial score (nSPS) is 10.7. The van der Waals surface area contributed by atoms with Crippen molar-refractivity contribution in [2.75, 3.05) is 5.73 Å². The molecule has 0 aliphatic rings. The molecule has 0 saturated carbocycles. The fourth-order valence-corrected chi connectivity index (χ4v) is 2.31. The van der Waals surface area contributed by atoms with Gasteiger partial charge in [0.25, 0.3) is 0 Å². The van der Waals surface area contributed by atoms with Crippen molar-refractivity contribution in [1.29, 1.82) is 0 Å². The van der Waals surface area contributed by atoms with Gasteiger partial charge in [-0.25, -0.2) is 9.97 Å². The van der Waals surface area contributed by atoms with E-state index >= 15 is 0 Å². The monoisotopic (exact) mass is 299 g/mol. The SMILES string of the molecule is Nc1nc2ncccc2cc1-c1cccc(Br)c1. The minimum atomic E-state index is 0.499. The molecule has 4 heteroatoms. The van der Waals surface area contributed by atoms with Gasteiger partial charge in [-0.1, -0.05) is 28.1 Å². The van der Waals surface area contributed by atoms with E-state index in [2.05, 4.69) is 25.9 Å². The van der Waals surface area contributed by atoms with E-state index < -0.39 is 0 Å². The summed E-state index contributed by atoms with van der Waals surface area (Å²) in [6.07, 6.45) is 1.72. The maximum Gasteiger partial charge on any atom is 0.161 e. The molecule has 0 fully saturated rings. The number of hydrogen-bond acceptors (Lipinski definition) is 3. The highest BCUT2D eigenvalue weighted by molar-refractivity contribution is 9.10. The van der Waals surface area contributed by atoms with Gasteiger partial charge in [0.1, 0.15) is 5.82 Å². The lowest BCUT2D eigenvalue weighted by atomic mass is 10.1. The first-order chi connectivity index (χ1) is 8.74. The van der Waals surface area contributed by atoms with Gasteiger partial charge >= 0.3 is 0 Å². The fourth-order valence-electron chi connectivity index (χ4n) is 1.91. The largest absolute Gasteiger partial charge is 0.383 e. The lowest BCUT2D eigenvalue weighted by Gasteiger charge is -2.07. The molecule has 0 aliphatic carbocycles. The van der Waals surface area contributed by atoms with E-state index in [1.807, 2.05) is 42.5 Å². The third-order valence-electron chi connectivity index (χ3n) is 2.75. The van der Waals surface area contributed by atoms with Crippen LogP contribution in [0.1, 0.15) is 0 Å². The third kappa shape index (κ3) is 1.95. The second kappa shape index (κ2) is 4.38. The van der Waals surface area contributed by atoms with Crippen molar-refractivity contribution in [2.24, 2.45) is 0 Å². The number of rotatable bonds is 1. The zero-order valence-electron chi connectivity index (χ0n) is 9.47. The van der Waals surface area contributed by atoms with Gasteiger partial charge in [0.15, 0.2) is 5.65 Å². The van der Waals surface area contributed by atoms with Crippen LogP contribution in [0.15, 0.2) is 53.1 Å². The lowest BCUT2D eigenvalue weighted by molar-refractivity contribution is 1.29. The second-order valence-corrected chi connectivity index (χ2v) is 4.90. The average molecular weight is 300 g/mol. The minimum Gasteiger partial charge on any atom is -0.383 e. The second-order valence-electron chi connectivity index (χ2n) is 3.98. The maximum atomic E-state index is 6.00. The van der Waals surface area contributed by atoms with Crippen LogP contribution >= 0.6 is 15.9 Å². The molecule has 0 radical (unpaired) electrons. The van der Waals surface area contributed by atoms with Crippen LogP contribution in [0.3, 0.4) is 0 Å². The Kier molecular flexibility index (Phi) is 2.72. The van der Waals surface area contributed by atoms with Crippen LogP contribution in [-0.2, 0) is 0 Å². The van der Waals surface area contributed by atoms with E-state index in [1.54, 1.807) is 6.20 Å². The summed E-state index contributed by atoms with van der Waals surface area (Å²) < 4.78 is 1.02. The van der Waals surface area contributed by atoms with Crippen LogP contribution in [0, 0.1) is 0 Å². The maximum absolute atomic E-state index is 6.00. The molecule has 0 aliphatic heterocycles. The number of benzene rings is 1. The lowest BCUT2D eigenvalue weighted by Crippen LogP contribution is -1.96. The number of halogens is 1. The molecule has 3 aromatic rings. The van der Waals surface area contributed by atoms with Gasteiger partial charge in [-0.3, -0.25) is 0 Å². The van der Waals surface area contributed by atoms with Crippen LogP contribution in [0.2, 0.25) is 0 Å². The Hall–Kier alpha value is -1.94. The van der Waals surface area contributed by atoms with Crippen LogP contribution in [0.4, 0.5) is 5.82 Å². The van der Waals surface area contributed by atoms with Crippen molar-refractivity contribution in [3.05, 3.63) is 53.1 Å². The minimum absolute atomic E-state index is 0.499. The molecular weight excluding hydrogens is 290 g/mol. The summed E-state index contributed by atoms with van der Waals surface area (Å²) in [5.41, 5.74) is 8.65. The number of anilines is 1. The Bertz CT molecular complexity index is 725. The van der Waals surface area contributed by atoms with Crippen molar-refractivity contribution in [2.45, 2.75) is 0 Å². The number of nitrogens with two attached hydrogens (primary N) is 1. The van der Waals surface area contributed by atoms with Crippen LogP contribution in [0.25, 0.3) is 22.2 Å².